The number of rotatable bonds is 3. The second kappa shape index (κ2) is 6.64. The first-order valence-electron chi connectivity index (χ1n) is 7.29. The largest absolute Gasteiger partial charge is 0.339 e. The number of imidazole rings is 1. The third-order valence-corrected chi connectivity index (χ3v) is 6.24. The Morgan fingerprint density at radius 3 is 2.52 bits per heavy atom. The van der Waals surface area contributed by atoms with Crippen molar-refractivity contribution in [3.05, 3.63) is 12.5 Å². The number of hydrogen-bond acceptors (Lipinski definition) is 4. The van der Waals surface area contributed by atoms with Crippen molar-refractivity contribution in [1.29, 1.82) is 0 Å². The summed E-state index contributed by atoms with van der Waals surface area (Å²) in [5.74, 6) is 0.618. The molecule has 0 spiro atoms. The van der Waals surface area contributed by atoms with E-state index < -0.39 is 10.0 Å². The first-order chi connectivity index (χ1) is 9.57. The number of sulfonamides is 1. The minimum Gasteiger partial charge on any atom is -0.339 e. The van der Waals surface area contributed by atoms with Crippen LogP contribution in [-0.2, 0) is 17.1 Å². The van der Waals surface area contributed by atoms with Crippen molar-refractivity contribution in [2.24, 2.45) is 13.0 Å². The fourth-order valence-corrected chi connectivity index (χ4v) is 4.72. The Morgan fingerprint density at radius 1 is 1.29 bits per heavy atom. The van der Waals surface area contributed by atoms with E-state index in [9.17, 15) is 8.42 Å². The summed E-state index contributed by atoms with van der Waals surface area (Å²) in [6.07, 6.45) is 7.48. The molecule has 0 bridgehead atoms. The van der Waals surface area contributed by atoms with Gasteiger partial charge in [-0.3, -0.25) is 0 Å². The number of halogens is 1. The van der Waals surface area contributed by atoms with Crippen LogP contribution in [0, 0.1) is 5.92 Å². The number of aryl methyl sites for hydroxylation is 1. The lowest BCUT2D eigenvalue weighted by Crippen LogP contribution is -2.43. The lowest BCUT2D eigenvalue weighted by atomic mass is 9.89. The summed E-state index contributed by atoms with van der Waals surface area (Å²) in [5.41, 5.74) is 0. The molecule has 1 N–H and O–H groups in total. The van der Waals surface area contributed by atoms with Gasteiger partial charge < -0.3 is 9.88 Å². The quantitative estimate of drug-likeness (QED) is 0.895. The zero-order valence-corrected chi connectivity index (χ0v) is 13.9. The highest BCUT2D eigenvalue weighted by Crippen LogP contribution is 2.28. The number of hydrogen-bond donors (Lipinski definition) is 1. The van der Waals surface area contributed by atoms with Crippen LogP contribution in [-0.4, -0.2) is 48.0 Å². The van der Waals surface area contributed by atoms with Gasteiger partial charge >= 0.3 is 0 Å². The van der Waals surface area contributed by atoms with Gasteiger partial charge in [0.25, 0.3) is 10.0 Å². The lowest BCUT2D eigenvalue weighted by molar-refractivity contribution is 0.233. The molecule has 1 unspecified atom stereocenters. The Hall–Kier alpha value is -0.630. The van der Waals surface area contributed by atoms with Crippen LogP contribution in [0.3, 0.4) is 0 Å². The Kier molecular flexibility index (Phi) is 5.29. The van der Waals surface area contributed by atoms with Crippen molar-refractivity contribution in [1.82, 2.24) is 19.2 Å². The molecule has 0 saturated carbocycles. The minimum absolute atomic E-state index is 0. The van der Waals surface area contributed by atoms with E-state index in [0.717, 1.165) is 19.4 Å². The highest BCUT2D eigenvalue weighted by molar-refractivity contribution is 7.89. The molecule has 0 aliphatic carbocycles. The Labute approximate surface area is 132 Å². The monoisotopic (exact) mass is 334 g/mol. The molecule has 2 aliphatic rings. The van der Waals surface area contributed by atoms with E-state index >= 15 is 0 Å². The number of nitrogens with one attached hydrogen (secondary N) is 1. The van der Waals surface area contributed by atoms with E-state index in [1.165, 1.54) is 19.2 Å². The number of piperidine rings is 1. The van der Waals surface area contributed by atoms with Crippen LogP contribution in [0.4, 0.5) is 0 Å². The normalized spacial score (nSPS) is 24.9. The van der Waals surface area contributed by atoms with Crippen molar-refractivity contribution >= 4 is 22.4 Å². The fourth-order valence-electron chi connectivity index (χ4n) is 3.29. The van der Waals surface area contributed by atoms with Crippen molar-refractivity contribution in [2.45, 2.75) is 36.8 Å². The number of aromatic nitrogens is 2. The predicted molar refractivity (Wildman–Crippen MR) is 83.0 cm³/mol. The average Bonchev–Trinajstić information content (AvgIpc) is 3.10. The molecule has 1 aromatic heterocycles. The van der Waals surface area contributed by atoms with Crippen molar-refractivity contribution in [2.75, 3.05) is 19.6 Å². The van der Waals surface area contributed by atoms with Gasteiger partial charge in [0.2, 0.25) is 0 Å². The van der Waals surface area contributed by atoms with Gasteiger partial charge in [0.1, 0.15) is 0 Å². The molecular weight excluding hydrogens is 312 g/mol. The smallest absolute Gasteiger partial charge is 0.262 e. The maximum atomic E-state index is 12.5. The molecule has 1 atom stereocenters. The van der Waals surface area contributed by atoms with Gasteiger partial charge in [-0.25, -0.2) is 13.4 Å². The molecule has 6 nitrogen and oxygen atoms in total. The van der Waals surface area contributed by atoms with E-state index in [-0.39, 0.29) is 17.4 Å². The van der Waals surface area contributed by atoms with Gasteiger partial charge in [-0.05, 0) is 38.1 Å². The maximum absolute atomic E-state index is 12.5. The fraction of sp³-hybridized carbons (Fsp3) is 0.769. The van der Waals surface area contributed by atoms with Crippen LogP contribution in [0.15, 0.2) is 17.6 Å². The van der Waals surface area contributed by atoms with Gasteiger partial charge in [-0.2, -0.15) is 4.31 Å². The zero-order chi connectivity index (χ0) is 14.2. The molecular formula is C13H23ClN4O2S. The van der Waals surface area contributed by atoms with Gasteiger partial charge in [-0.1, -0.05) is 0 Å². The second-order valence-corrected chi connectivity index (χ2v) is 7.71. The minimum atomic E-state index is -3.41. The maximum Gasteiger partial charge on any atom is 0.262 e. The third-order valence-electron chi connectivity index (χ3n) is 4.45. The molecule has 120 valence electrons. The summed E-state index contributed by atoms with van der Waals surface area (Å²) < 4.78 is 28.2. The Balaban J connectivity index is 0.00000161. The van der Waals surface area contributed by atoms with E-state index in [4.69, 9.17) is 0 Å². The van der Waals surface area contributed by atoms with Gasteiger partial charge in [0.15, 0.2) is 5.03 Å². The molecule has 0 radical (unpaired) electrons. The molecule has 2 aliphatic heterocycles. The van der Waals surface area contributed by atoms with Crippen LogP contribution >= 0.6 is 12.4 Å². The summed E-state index contributed by atoms with van der Waals surface area (Å²) >= 11 is 0. The summed E-state index contributed by atoms with van der Waals surface area (Å²) in [6, 6.07) is 0.592. The summed E-state index contributed by atoms with van der Waals surface area (Å²) in [6.45, 7) is 2.33. The third kappa shape index (κ3) is 3.41. The number of nitrogens with zero attached hydrogens (tertiary/aromatic N) is 3. The van der Waals surface area contributed by atoms with Crippen LogP contribution in [0.25, 0.3) is 0 Å². The molecule has 3 heterocycles. The topological polar surface area (TPSA) is 67.2 Å². The zero-order valence-electron chi connectivity index (χ0n) is 12.2. The van der Waals surface area contributed by atoms with E-state index in [2.05, 4.69) is 10.3 Å². The van der Waals surface area contributed by atoms with E-state index in [1.54, 1.807) is 22.1 Å². The predicted octanol–water partition coefficient (Wildman–Crippen LogP) is 0.995. The van der Waals surface area contributed by atoms with Gasteiger partial charge in [0.05, 0.1) is 6.33 Å². The first-order valence-corrected chi connectivity index (χ1v) is 8.73. The van der Waals surface area contributed by atoms with Crippen molar-refractivity contribution in [3.63, 3.8) is 0 Å². The highest BCUT2D eigenvalue weighted by Gasteiger charge is 2.34. The molecule has 8 heteroatoms. The molecule has 21 heavy (non-hydrogen) atoms. The molecule has 2 saturated heterocycles. The molecule has 2 fully saturated rings. The second-order valence-electron chi connectivity index (χ2n) is 5.82. The molecule has 0 aromatic carbocycles. The Morgan fingerprint density at radius 2 is 2.00 bits per heavy atom. The first kappa shape index (κ1) is 16.7. The van der Waals surface area contributed by atoms with Crippen LogP contribution in [0.1, 0.15) is 25.7 Å². The lowest BCUT2D eigenvalue weighted by Gasteiger charge is -2.33. The molecule has 0 amide bonds. The van der Waals surface area contributed by atoms with Crippen LogP contribution in [0.5, 0.6) is 0 Å². The highest BCUT2D eigenvalue weighted by atomic mass is 35.5. The SMILES string of the molecule is Cl.Cn1cnc(S(=O)(=O)N2CCC(C3CCCN3)CC2)c1. The van der Waals surface area contributed by atoms with Crippen molar-refractivity contribution < 1.29 is 8.42 Å². The standard InChI is InChI=1S/C13H22N4O2S.ClH/c1-16-9-13(15-10-16)20(18,19)17-7-4-11(5-8-17)12-3-2-6-14-12;/h9-12,14H,2-8H2,1H3;1H. The van der Waals surface area contributed by atoms with Crippen molar-refractivity contribution in [3.8, 4) is 0 Å². The van der Waals surface area contributed by atoms with Crippen LogP contribution < -0.4 is 5.32 Å². The summed E-state index contributed by atoms with van der Waals surface area (Å²) in [7, 11) is -1.63. The summed E-state index contributed by atoms with van der Waals surface area (Å²) in [5, 5.41) is 3.70. The summed E-state index contributed by atoms with van der Waals surface area (Å²) in [4.78, 5) is 3.98. The molecule has 3 rings (SSSR count). The van der Waals surface area contributed by atoms with E-state index in [0.29, 0.717) is 25.0 Å². The van der Waals surface area contributed by atoms with Gasteiger partial charge in [-0.15, -0.1) is 12.4 Å². The molecule has 1 aromatic rings. The van der Waals surface area contributed by atoms with Crippen LogP contribution in [0.2, 0.25) is 0 Å². The van der Waals surface area contributed by atoms with E-state index in [1.807, 2.05) is 0 Å². The average molecular weight is 335 g/mol. The van der Waals surface area contributed by atoms with Gasteiger partial charge in [0, 0.05) is 32.4 Å². The Bertz CT molecular complexity index is 560.